The van der Waals surface area contributed by atoms with E-state index in [-0.39, 0.29) is 6.61 Å². The minimum absolute atomic E-state index is 0.235. The Labute approximate surface area is 104 Å². The Morgan fingerprint density at radius 2 is 2.06 bits per heavy atom. The van der Waals surface area contributed by atoms with E-state index in [1.165, 1.54) is 12.8 Å². The van der Waals surface area contributed by atoms with Crippen molar-refractivity contribution < 1.29 is 14.9 Å². The Balaban J connectivity index is 1.97. The molecule has 4 nitrogen and oxygen atoms in total. The highest BCUT2D eigenvalue weighted by Crippen LogP contribution is 2.20. The minimum Gasteiger partial charge on any atom is -0.396 e. The lowest BCUT2D eigenvalue weighted by atomic mass is 10.2. The monoisotopic (exact) mass is 245 g/mol. The lowest BCUT2D eigenvalue weighted by Gasteiger charge is -2.18. The van der Waals surface area contributed by atoms with Crippen molar-refractivity contribution in [1.29, 1.82) is 0 Å². The standard InChI is InChI=1S/C13H27NO3/c1-11(5-4-8-15)14-9-12(16)10-17-13-6-2-3-7-13/h11-16H,2-10H2,1H3. The number of ether oxygens (including phenoxy) is 1. The predicted molar refractivity (Wildman–Crippen MR) is 68.0 cm³/mol. The van der Waals surface area contributed by atoms with Crippen molar-refractivity contribution in [2.24, 2.45) is 0 Å². The quantitative estimate of drug-likeness (QED) is 0.568. The van der Waals surface area contributed by atoms with Crippen molar-refractivity contribution in [3.05, 3.63) is 0 Å². The summed E-state index contributed by atoms with van der Waals surface area (Å²) in [5.41, 5.74) is 0. The van der Waals surface area contributed by atoms with Crippen molar-refractivity contribution in [3.8, 4) is 0 Å². The smallest absolute Gasteiger partial charge is 0.0897 e. The maximum absolute atomic E-state index is 9.75. The van der Waals surface area contributed by atoms with Crippen LogP contribution < -0.4 is 5.32 Å². The van der Waals surface area contributed by atoms with Gasteiger partial charge in [-0.2, -0.15) is 0 Å². The molecule has 1 aliphatic carbocycles. The minimum atomic E-state index is -0.424. The molecule has 0 radical (unpaired) electrons. The van der Waals surface area contributed by atoms with Gasteiger partial charge in [-0.25, -0.2) is 0 Å². The van der Waals surface area contributed by atoms with E-state index in [0.717, 1.165) is 25.7 Å². The number of rotatable bonds is 9. The fourth-order valence-corrected chi connectivity index (χ4v) is 2.20. The number of nitrogens with one attached hydrogen (secondary N) is 1. The topological polar surface area (TPSA) is 61.7 Å². The van der Waals surface area contributed by atoms with Crippen LogP contribution in [0.25, 0.3) is 0 Å². The molecule has 2 atom stereocenters. The third-order valence-electron chi connectivity index (χ3n) is 3.32. The molecule has 1 aliphatic rings. The average Bonchev–Trinajstić information content (AvgIpc) is 2.84. The molecule has 2 unspecified atom stereocenters. The van der Waals surface area contributed by atoms with Gasteiger partial charge in [0.25, 0.3) is 0 Å². The summed E-state index contributed by atoms with van der Waals surface area (Å²) in [6, 6.07) is 0.336. The van der Waals surface area contributed by atoms with Crippen LogP contribution in [0.15, 0.2) is 0 Å². The normalized spacial score (nSPS) is 20.6. The molecule has 4 heteroatoms. The second-order valence-electron chi connectivity index (χ2n) is 5.07. The van der Waals surface area contributed by atoms with Gasteiger partial charge in [-0.05, 0) is 32.6 Å². The second-order valence-corrected chi connectivity index (χ2v) is 5.07. The lowest BCUT2D eigenvalue weighted by Crippen LogP contribution is -2.36. The predicted octanol–water partition coefficient (Wildman–Crippen LogP) is 1.06. The number of aliphatic hydroxyl groups excluding tert-OH is 2. The summed E-state index contributed by atoms with van der Waals surface area (Å²) in [5, 5.41) is 21.7. The summed E-state index contributed by atoms with van der Waals surface area (Å²) in [7, 11) is 0. The van der Waals surface area contributed by atoms with Crippen LogP contribution >= 0.6 is 0 Å². The first kappa shape index (κ1) is 14.9. The van der Waals surface area contributed by atoms with E-state index in [2.05, 4.69) is 12.2 Å². The van der Waals surface area contributed by atoms with Gasteiger partial charge in [-0.15, -0.1) is 0 Å². The van der Waals surface area contributed by atoms with E-state index in [1.807, 2.05) is 0 Å². The van der Waals surface area contributed by atoms with Gasteiger partial charge in [0.05, 0.1) is 18.8 Å². The molecule has 0 aliphatic heterocycles. The Morgan fingerprint density at radius 1 is 1.35 bits per heavy atom. The summed E-state index contributed by atoms with van der Waals surface area (Å²) in [5.74, 6) is 0. The third kappa shape index (κ3) is 6.99. The van der Waals surface area contributed by atoms with Gasteiger partial charge in [0, 0.05) is 19.2 Å². The van der Waals surface area contributed by atoms with Gasteiger partial charge in [0.1, 0.15) is 0 Å². The van der Waals surface area contributed by atoms with Crippen molar-refractivity contribution in [2.45, 2.75) is 63.7 Å². The van der Waals surface area contributed by atoms with E-state index in [1.54, 1.807) is 0 Å². The number of aliphatic hydroxyl groups is 2. The number of hydrogen-bond donors (Lipinski definition) is 3. The maximum Gasteiger partial charge on any atom is 0.0897 e. The molecule has 0 saturated heterocycles. The Morgan fingerprint density at radius 3 is 2.71 bits per heavy atom. The van der Waals surface area contributed by atoms with Crippen LogP contribution in [0.3, 0.4) is 0 Å². The molecule has 0 aromatic carbocycles. The number of hydrogen-bond acceptors (Lipinski definition) is 4. The Kier molecular flexibility index (Phi) is 7.77. The van der Waals surface area contributed by atoms with Crippen LogP contribution in [-0.2, 0) is 4.74 Å². The molecule has 0 bridgehead atoms. The Hall–Kier alpha value is -0.160. The van der Waals surface area contributed by atoms with Gasteiger partial charge in [0.2, 0.25) is 0 Å². The highest BCUT2D eigenvalue weighted by atomic mass is 16.5. The molecule has 1 rings (SSSR count). The highest BCUT2D eigenvalue weighted by Gasteiger charge is 2.17. The van der Waals surface area contributed by atoms with Crippen molar-refractivity contribution in [3.63, 3.8) is 0 Å². The van der Waals surface area contributed by atoms with E-state index >= 15 is 0 Å². The summed E-state index contributed by atoms with van der Waals surface area (Å²) < 4.78 is 5.65. The Bertz CT molecular complexity index is 184. The first-order chi connectivity index (χ1) is 8.22. The van der Waals surface area contributed by atoms with E-state index in [0.29, 0.717) is 25.3 Å². The molecular weight excluding hydrogens is 218 g/mol. The SMILES string of the molecule is CC(CCCO)NCC(O)COC1CCCC1. The molecule has 3 N–H and O–H groups in total. The summed E-state index contributed by atoms with van der Waals surface area (Å²) in [6.07, 6.45) is 6.51. The average molecular weight is 245 g/mol. The third-order valence-corrected chi connectivity index (χ3v) is 3.32. The van der Waals surface area contributed by atoms with E-state index < -0.39 is 6.10 Å². The molecule has 1 fully saturated rings. The van der Waals surface area contributed by atoms with Crippen LogP contribution in [-0.4, -0.2) is 48.2 Å². The van der Waals surface area contributed by atoms with Gasteiger partial charge in [-0.1, -0.05) is 12.8 Å². The first-order valence-electron chi connectivity index (χ1n) is 6.86. The first-order valence-corrected chi connectivity index (χ1v) is 6.86. The maximum atomic E-state index is 9.75. The molecule has 0 aromatic rings. The van der Waals surface area contributed by atoms with Crippen LogP contribution in [0.2, 0.25) is 0 Å². The largest absolute Gasteiger partial charge is 0.396 e. The van der Waals surface area contributed by atoms with Crippen molar-refractivity contribution in [1.82, 2.24) is 5.32 Å². The fraction of sp³-hybridized carbons (Fsp3) is 1.00. The highest BCUT2D eigenvalue weighted by molar-refractivity contribution is 4.69. The molecule has 102 valence electrons. The fourth-order valence-electron chi connectivity index (χ4n) is 2.20. The molecule has 1 saturated carbocycles. The molecular formula is C13H27NO3. The second kappa shape index (κ2) is 8.86. The van der Waals surface area contributed by atoms with Gasteiger partial charge in [0.15, 0.2) is 0 Å². The van der Waals surface area contributed by atoms with Crippen LogP contribution in [0, 0.1) is 0 Å². The van der Waals surface area contributed by atoms with E-state index in [9.17, 15) is 5.11 Å². The van der Waals surface area contributed by atoms with Crippen molar-refractivity contribution >= 4 is 0 Å². The zero-order valence-corrected chi connectivity index (χ0v) is 10.9. The van der Waals surface area contributed by atoms with Crippen LogP contribution in [0.5, 0.6) is 0 Å². The molecule has 0 heterocycles. The van der Waals surface area contributed by atoms with Crippen molar-refractivity contribution in [2.75, 3.05) is 19.8 Å². The van der Waals surface area contributed by atoms with Crippen LogP contribution in [0.1, 0.15) is 45.4 Å². The zero-order chi connectivity index (χ0) is 12.5. The van der Waals surface area contributed by atoms with Gasteiger partial charge >= 0.3 is 0 Å². The zero-order valence-electron chi connectivity index (χ0n) is 10.9. The van der Waals surface area contributed by atoms with Gasteiger partial charge < -0.3 is 20.3 Å². The van der Waals surface area contributed by atoms with Crippen LogP contribution in [0.4, 0.5) is 0 Å². The van der Waals surface area contributed by atoms with Gasteiger partial charge in [-0.3, -0.25) is 0 Å². The lowest BCUT2D eigenvalue weighted by molar-refractivity contribution is -0.00618. The van der Waals surface area contributed by atoms with E-state index in [4.69, 9.17) is 9.84 Å². The molecule has 0 spiro atoms. The summed E-state index contributed by atoms with van der Waals surface area (Å²) >= 11 is 0. The summed E-state index contributed by atoms with van der Waals surface area (Å²) in [4.78, 5) is 0. The molecule has 0 amide bonds. The summed E-state index contributed by atoms with van der Waals surface area (Å²) in [6.45, 7) is 3.31. The molecule has 17 heavy (non-hydrogen) atoms. The molecule has 0 aromatic heterocycles.